The van der Waals surface area contributed by atoms with Gasteiger partial charge in [-0.3, -0.25) is 48.9 Å². The summed E-state index contributed by atoms with van der Waals surface area (Å²) >= 11 is 3.97. The number of rotatable bonds is 32. The lowest BCUT2D eigenvalue weighted by Gasteiger charge is -2.27. The minimum atomic E-state index is -1.40. The molecule has 0 rings (SSSR count). The first-order valence-corrected chi connectivity index (χ1v) is 20.2. The lowest BCUT2D eigenvalue weighted by Crippen LogP contribution is -2.59. The van der Waals surface area contributed by atoms with E-state index < -0.39 is 71.8 Å². The van der Waals surface area contributed by atoms with Crippen molar-refractivity contribution in [3.63, 3.8) is 0 Å². The monoisotopic (exact) mass is 902 g/mol. The van der Waals surface area contributed by atoms with E-state index in [4.69, 9.17) is 63.1 Å². The van der Waals surface area contributed by atoms with E-state index in [1.54, 1.807) is 0 Å². The zero-order valence-corrected chi connectivity index (χ0v) is 35.6. The number of amides is 5. The van der Waals surface area contributed by atoms with E-state index in [0.717, 1.165) is 0 Å². The fraction of sp³-hybridized carbons (Fsp3) is 0.667. The Hall–Kier alpha value is -6.52. The van der Waals surface area contributed by atoms with Crippen molar-refractivity contribution in [3.05, 3.63) is 0 Å². The van der Waals surface area contributed by atoms with Gasteiger partial charge in [0.05, 0.1) is 6.04 Å². The fourth-order valence-electron chi connectivity index (χ4n) is 5.29. The Balaban J connectivity index is 6.67. The molecule has 0 aliphatic heterocycles. The number of aliphatic imine (C=N–C) groups is 5. The highest BCUT2D eigenvalue weighted by Gasteiger charge is 2.32. The molecule has 0 heterocycles. The van der Waals surface area contributed by atoms with E-state index in [-0.39, 0.29) is 126 Å². The number of carboxylic acid groups (broad SMARTS) is 1. The van der Waals surface area contributed by atoms with Crippen LogP contribution >= 0.6 is 12.6 Å². The molecular formula is C33H67N21O7S. The molecule has 0 unspecified atom stereocenters. The molecule has 0 fully saturated rings. The summed E-state index contributed by atoms with van der Waals surface area (Å²) in [6.45, 7) is 0.480. The van der Waals surface area contributed by atoms with Crippen LogP contribution in [0.1, 0.15) is 64.2 Å². The van der Waals surface area contributed by atoms with Crippen LogP contribution in [0.2, 0.25) is 0 Å². The molecular weight excluding hydrogens is 835 g/mol. The van der Waals surface area contributed by atoms with E-state index in [0.29, 0.717) is 6.42 Å². The molecule has 0 aliphatic carbocycles. The third kappa shape index (κ3) is 26.6. The quantitative estimate of drug-likeness (QED) is 0.0129. The first-order valence-electron chi connectivity index (χ1n) is 19.6. The van der Waals surface area contributed by atoms with Crippen LogP contribution in [0.3, 0.4) is 0 Å². The third-order valence-corrected chi connectivity index (χ3v) is 8.78. The van der Waals surface area contributed by atoms with Gasteiger partial charge in [-0.15, -0.1) is 0 Å². The number of hydrogen-bond acceptors (Lipinski definition) is 13. The van der Waals surface area contributed by atoms with Gasteiger partial charge in [0.25, 0.3) is 0 Å². The van der Waals surface area contributed by atoms with Crippen molar-refractivity contribution in [2.75, 3.05) is 38.5 Å². The summed E-state index contributed by atoms with van der Waals surface area (Å²) in [6.07, 6.45) is 1.04. The number of carbonyl (C=O) groups is 6. The highest BCUT2D eigenvalue weighted by molar-refractivity contribution is 7.80. The minimum absolute atomic E-state index is 0.00975. The van der Waals surface area contributed by atoms with Gasteiger partial charge in [0.1, 0.15) is 30.2 Å². The van der Waals surface area contributed by atoms with E-state index in [1.807, 2.05) is 0 Å². The van der Waals surface area contributed by atoms with Crippen LogP contribution in [0.25, 0.3) is 0 Å². The van der Waals surface area contributed by atoms with Crippen molar-refractivity contribution in [1.29, 1.82) is 0 Å². The van der Waals surface area contributed by atoms with E-state index >= 15 is 0 Å². The Labute approximate surface area is 364 Å². The van der Waals surface area contributed by atoms with Gasteiger partial charge in [-0.1, -0.05) is 0 Å². The van der Waals surface area contributed by atoms with Crippen LogP contribution in [0.5, 0.6) is 0 Å². The molecule has 0 bridgehead atoms. The average molecular weight is 902 g/mol. The van der Waals surface area contributed by atoms with E-state index in [1.165, 1.54) is 0 Å². The number of hydrogen-bond donors (Lipinski definition) is 18. The topological polar surface area (TPSA) is 531 Å². The lowest BCUT2D eigenvalue weighted by atomic mass is 10.0. The van der Waals surface area contributed by atoms with Crippen LogP contribution in [0, 0.1) is 0 Å². The van der Waals surface area contributed by atoms with Gasteiger partial charge in [-0.2, -0.15) is 12.6 Å². The number of carbonyl (C=O) groups excluding carboxylic acids is 5. The van der Waals surface area contributed by atoms with Crippen molar-refractivity contribution in [1.82, 2.24) is 26.6 Å². The molecule has 352 valence electrons. The van der Waals surface area contributed by atoms with Crippen LogP contribution in [-0.2, 0) is 28.8 Å². The number of thiol groups is 1. The second-order valence-corrected chi connectivity index (χ2v) is 14.0. The number of guanidine groups is 5. The number of carboxylic acids is 1. The lowest BCUT2D eigenvalue weighted by molar-refractivity contribution is -0.141. The summed E-state index contributed by atoms with van der Waals surface area (Å²) in [5.41, 5.74) is 60.3. The number of nitrogens with two attached hydrogens (primary N) is 11. The van der Waals surface area contributed by atoms with Gasteiger partial charge in [0, 0.05) is 38.5 Å². The highest BCUT2D eigenvalue weighted by Crippen LogP contribution is 2.09. The molecule has 28 N–H and O–H groups in total. The predicted octanol–water partition coefficient (Wildman–Crippen LogP) is -7.98. The van der Waals surface area contributed by atoms with E-state index in [2.05, 4.69) is 64.2 Å². The molecule has 0 aromatic carbocycles. The summed E-state index contributed by atoms with van der Waals surface area (Å²) in [5, 5.41) is 22.2. The van der Waals surface area contributed by atoms with Crippen molar-refractivity contribution in [2.45, 2.75) is 100 Å². The molecule has 5 amide bonds. The Morgan fingerprint density at radius 3 is 0.855 bits per heavy atom. The summed E-state index contributed by atoms with van der Waals surface area (Å²) < 4.78 is 0. The molecule has 62 heavy (non-hydrogen) atoms. The number of nitrogens with one attached hydrogen (secondary N) is 5. The van der Waals surface area contributed by atoms with Gasteiger partial charge in [-0.25, -0.2) is 4.79 Å². The molecule has 28 nitrogen and oxygen atoms in total. The van der Waals surface area contributed by atoms with Crippen molar-refractivity contribution >= 4 is 77.9 Å². The molecule has 0 saturated heterocycles. The second-order valence-electron chi connectivity index (χ2n) is 13.7. The summed E-state index contributed by atoms with van der Waals surface area (Å²) in [4.78, 5) is 99.4. The standard InChI is InChI=1S/C33H67N21O7S/c34-17(6-1-11-45-29(35)36)23(55)50-18(7-2-12-46-30(37)38)24(56)51-19(8-3-13-47-31(39)40)25(57)52-20(9-4-14-48-32(41)42)26(58)53-21(10-5-15-49-33(43)44)27(59)54-22(16-62)28(60)61/h17-22,62H,1-16,34H2,(H,50,55)(H,51,56)(H,52,57)(H,53,58)(H,54,59)(H,60,61)(H4,35,36,45)(H4,37,38,46)(H4,39,40,47)(H4,41,42,48)(H4,43,44,49)/t17-,18-,19-,20-,21-,22-/m0/s1. The van der Waals surface area contributed by atoms with Crippen LogP contribution in [-0.4, -0.2) is 145 Å². The average Bonchev–Trinajstić information content (AvgIpc) is 3.18. The molecule has 6 atom stereocenters. The molecule has 0 saturated carbocycles. The Kier molecular flexibility index (Phi) is 28.1. The zero-order valence-electron chi connectivity index (χ0n) is 34.7. The van der Waals surface area contributed by atoms with Gasteiger partial charge in [0.2, 0.25) is 29.5 Å². The van der Waals surface area contributed by atoms with Crippen LogP contribution < -0.4 is 89.7 Å². The van der Waals surface area contributed by atoms with Crippen LogP contribution in [0.15, 0.2) is 25.0 Å². The maximum absolute atomic E-state index is 14.1. The van der Waals surface area contributed by atoms with Crippen molar-refractivity contribution < 1.29 is 33.9 Å². The van der Waals surface area contributed by atoms with Gasteiger partial charge >= 0.3 is 5.97 Å². The molecule has 0 aromatic rings. The van der Waals surface area contributed by atoms with E-state index in [9.17, 15) is 33.9 Å². The molecule has 0 radical (unpaired) electrons. The van der Waals surface area contributed by atoms with Gasteiger partial charge < -0.3 is 94.8 Å². The third-order valence-electron chi connectivity index (χ3n) is 8.41. The molecule has 0 aromatic heterocycles. The zero-order chi connectivity index (χ0) is 47.2. The molecule has 29 heteroatoms. The minimum Gasteiger partial charge on any atom is -0.480 e. The molecule has 0 aliphatic rings. The summed E-state index contributed by atoms with van der Waals surface area (Å²) in [6, 6.07) is -7.73. The first-order chi connectivity index (χ1) is 29.2. The predicted molar refractivity (Wildman–Crippen MR) is 239 cm³/mol. The Bertz CT molecular complexity index is 1590. The first kappa shape index (κ1) is 55.5. The summed E-state index contributed by atoms with van der Waals surface area (Å²) in [5.74, 6) is -6.62. The number of aliphatic carboxylic acids is 1. The molecule has 0 spiro atoms. The maximum atomic E-state index is 14.1. The SMILES string of the molecule is NC(N)=NCCC[C@H](NC(=O)[C@H](CCCN=C(N)N)NC(=O)[C@H](CCCN=C(N)N)NC(=O)[C@H](CCCN=C(N)N)NC(=O)[C@@H](N)CCCN=C(N)N)C(=O)N[C@@H](CS)C(=O)O. The van der Waals surface area contributed by atoms with Gasteiger partial charge in [-0.05, 0) is 64.2 Å². The van der Waals surface area contributed by atoms with Gasteiger partial charge in [0.15, 0.2) is 29.8 Å². The smallest absolute Gasteiger partial charge is 0.327 e. The van der Waals surface area contributed by atoms with Crippen molar-refractivity contribution in [2.24, 2.45) is 88.0 Å². The van der Waals surface area contributed by atoms with Crippen LogP contribution in [0.4, 0.5) is 0 Å². The second kappa shape index (κ2) is 31.4. The normalized spacial score (nSPS) is 13.5. The Morgan fingerprint density at radius 2 is 0.629 bits per heavy atom. The fourth-order valence-corrected chi connectivity index (χ4v) is 5.54. The van der Waals surface area contributed by atoms with Crippen molar-refractivity contribution in [3.8, 4) is 0 Å². The number of nitrogens with zero attached hydrogens (tertiary/aromatic N) is 5. The highest BCUT2D eigenvalue weighted by atomic mass is 32.1. The maximum Gasteiger partial charge on any atom is 0.327 e. The summed E-state index contributed by atoms with van der Waals surface area (Å²) in [7, 11) is 0. The Morgan fingerprint density at radius 1 is 0.403 bits per heavy atom. The largest absolute Gasteiger partial charge is 0.480 e.